The monoisotopic (exact) mass is 322 g/mol. The predicted octanol–water partition coefficient (Wildman–Crippen LogP) is 3.79. The second kappa shape index (κ2) is 6.30. The van der Waals surface area contributed by atoms with Gasteiger partial charge < -0.3 is 5.11 Å². The Kier molecular flexibility index (Phi) is 4.15. The van der Waals surface area contributed by atoms with E-state index in [1.807, 2.05) is 19.2 Å². The molecule has 0 amide bonds. The van der Waals surface area contributed by atoms with Crippen LogP contribution < -0.4 is 0 Å². The summed E-state index contributed by atoms with van der Waals surface area (Å²) in [6.07, 6.45) is 7.11. The van der Waals surface area contributed by atoms with Gasteiger partial charge in [-0.25, -0.2) is 0 Å². The first-order chi connectivity index (χ1) is 11.7. The van der Waals surface area contributed by atoms with Crippen molar-refractivity contribution in [2.24, 2.45) is 0 Å². The highest BCUT2D eigenvalue weighted by molar-refractivity contribution is 5.28. The van der Waals surface area contributed by atoms with Crippen molar-refractivity contribution in [1.29, 1.82) is 0 Å². The Labute approximate surface area is 144 Å². The Bertz CT molecular complexity index is 686. The first-order valence-corrected chi connectivity index (χ1v) is 9.10. The molecule has 1 N–H and O–H groups in total. The van der Waals surface area contributed by atoms with E-state index in [1.165, 1.54) is 24.8 Å². The van der Waals surface area contributed by atoms with Crippen molar-refractivity contribution < 1.29 is 5.11 Å². The van der Waals surface area contributed by atoms with Crippen LogP contribution >= 0.6 is 0 Å². The van der Waals surface area contributed by atoms with Crippen molar-refractivity contribution in [1.82, 2.24) is 9.88 Å². The van der Waals surface area contributed by atoms with Gasteiger partial charge in [-0.1, -0.05) is 42.8 Å². The number of aryl methyl sites for hydroxylation is 1. The molecule has 0 spiro atoms. The topological polar surface area (TPSA) is 36.4 Å². The molecule has 1 aromatic heterocycles. The molecule has 126 valence electrons. The molecule has 0 aliphatic carbocycles. The molecule has 2 unspecified atom stereocenters. The number of benzene rings is 1. The predicted molar refractivity (Wildman–Crippen MR) is 95.5 cm³/mol. The summed E-state index contributed by atoms with van der Waals surface area (Å²) in [5, 5.41) is 11.4. The second-order valence-electron chi connectivity index (χ2n) is 7.47. The van der Waals surface area contributed by atoms with E-state index < -0.39 is 5.60 Å². The third-order valence-electron chi connectivity index (χ3n) is 5.88. The zero-order valence-electron chi connectivity index (χ0n) is 14.4. The molecule has 2 bridgehead atoms. The van der Waals surface area contributed by atoms with Gasteiger partial charge in [0.1, 0.15) is 0 Å². The molecule has 2 aromatic rings. The van der Waals surface area contributed by atoms with Gasteiger partial charge in [-0.05, 0) is 44.2 Å². The van der Waals surface area contributed by atoms with Crippen LogP contribution in [0.2, 0.25) is 0 Å². The molecule has 2 fully saturated rings. The Balaban J connectivity index is 1.60. The van der Waals surface area contributed by atoms with Crippen LogP contribution in [-0.4, -0.2) is 27.1 Å². The third-order valence-corrected chi connectivity index (χ3v) is 5.88. The lowest BCUT2D eigenvalue weighted by Crippen LogP contribution is -2.56. The summed E-state index contributed by atoms with van der Waals surface area (Å²) in [5.74, 6) is 0. The van der Waals surface area contributed by atoms with E-state index in [0.717, 1.165) is 30.6 Å². The summed E-state index contributed by atoms with van der Waals surface area (Å²) in [6, 6.07) is 15.7. The van der Waals surface area contributed by atoms with E-state index in [4.69, 9.17) is 0 Å². The summed E-state index contributed by atoms with van der Waals surface area (Å²) in [5.41, 5.74) is 2.65. The smallest absolute Gasteiger partial charge is 0.0943 e. The largest absolute Gasteiger partial charge is 0.385 e. The van der Waals surface area contributed by atoms with Gasteiger partial charge in [0.05, 0.1) is 5.60 Å². The molecule has 2 aliphatic heterocycles. The highest BCUT2D eigenvalue weighted by Gasteiger charge is 2.46. The SMILES string of the molecule is Cc1ncccc1C1(O)CC2CCCC(C1)N2Cc1ccccc1. The molecule has 3 heterocycles. The van der Waals surface area contributed by atoms with Crippen LogP contribution in [0, 0.1) is 6.92 Å². The fourth-order valence-electron chi connectivity index (χ4n) is 4.77. The number of aromatic nitrogens is 1. The Hall–Kier alpha value is -1.71. The van der Waals surface area contributed by atoms with Gasteiger partial charge in [0, 0.05) is 36.1 Å². The van der Waals surface area contributed by atoms with E-state index in [2.05, 4.69) is 46.3 Å². The van der Waals surface area contributed by atoms with Crippen molar-refractivity contribution >= 4 is 0 Å². The normalized spacial score (nSPS) is 30.2. The van der Waals surface area contributed by atoms with Crippen LogP contribution in [-0.2, 0) is 12.1 Å². The van der Waals surface area contributed by atoms with Crippen molar-refractivity contribution in [3.05, 3.63) is 65.5 Å². The number of pyridine rings is 1. The number of fused-ring (bicyclic) bond motifs is 2. The van der Waals surface area contributed by atoms with Crippen LogP contribution in [0.1, 0.15) is 48.9 Å². The van der Waals surface area contributed by atoms with Gasteiger partial charge in [-0.3, -0.25) is 9.88 Å². The molecule has 2 saturated heterocycles. The lowest BCUT2D eigenvalue weighted by Gasteiger charge is -2.52. The molecule has 24 heavy (non-hydrogen) atoms. The Morgan fingerprint density at radius 1 is 1.08 bits per heavy atom. The summed E-state index contributed by atoms with van der Waals surface area (Å²) in [6.45, 7) is 3.01. The molecule has 3 nitrogen and oxygen atoms in total. The number of hydrogen-bond acceptors (Lipinski definition) is 3. The van der Waals surface area contributed by atoms with Crippen molar-refractivity contribution in [2.45, 2.75) is 63.3 Å². The van der Waals surface area contributed by atoms with E-state index >= 15 is 0 Å². The minimum atomic E-state index is -0.721. The van der Waals surface area contributed by atoms with E-state index in [-0.39, 0.29) is 0 Å². The number of aliphatic hydroxyl groups is 1. The molecule has 4 rings (SSSR count). The summed E-state index contributed by atoms with van der Waals surface area (Å²) >= 11 is 0. The number of rotatable bonds is 3. The van der Waals surface area contributed by atoms with Crippen LogP contribution in [0.15, 0.2) is 48.7 Å². The minimum absolute atomic E-state index is 0.460. The van der Waals surface area contributed by atoms with Gasteiger partial charge in [0.15, 0.2) is 0 Å². The highest BCUT2D eigenvalue weighted by Crippen LogP contribution is 2.45. The number of nitrogens with zero attached hydrogens (tertiary/aromatic N) is 2. The van der Waals surface area contributed by atoms with Crippen LogP contribution in [0.5, 0.6) is 0 Å². The Morgan fingerprint density at radius 2 is 1.79 bits per heavy atom. The van der Waals surface area contributed by atoms with Gasteiger partial charge in [0.25, 0.3) is 0 Å². The number of hydrogen-bond donors (Lipinski definition) is 1. The lowest BCUT2D eigenvalue weighted by atomic mass is 9.72. The van der Waals surface area contributed by atoms with Gasteiger partial charge >= 0.3 is 0 Å². The van der Waals surface area contributed by atoms with E-state index in [9.17, 15) is 5.11 Å². The van der Waals surface area contributed by atoms with Crippen molar-refractivity contribution in [2.75, 3.05) is 0 Å². The summed E-state index contributed by atoms with van der Waals surface area (Å²) < 4.78 is 0. The zero-order valence-corrected chi connectivity index (χ0v) is 14.4. The molecule has 1 aromatic carbocycles. The lowest BCUT2D eigenvalue weighted by molar-refractivity contribution is -0.100. The summed E-state index contributed by atoms with van der Waals surface area (Å²) in [7, 11) is 0. The molecular weight excluding hydrogens is 296 g/mol. The van der Waals surface area contributed by atoms with Crippen LogP contribution in [0.4, 0.5) is 0 Å². The quantitative estimate of drug-likeness (QED) is 0.934. The fourth-order valence-corrected chi connectivity index (χ4v) is 4.77. The molecule has 2 atom stereocenters. The van der Waals surface area contributed by atoms with Gasteiger partial charge in [-0.15, -0.1) is 0 Å². The maximum Gasteiger partial charge on any atom is 0.0943 e. The second-order valence-corrected chi connectivity index (χ2v) is 7.47. The fraction of sp³-hybridized carbons (Fsp3) is 0.476. The molecule has 0 radical (unpaired) electrons. The average molecular weight is 322 g/mol. The van der Waals surface area contributed by atoms with Crippen LogP contribution in [0.3, 0.4) is 0 Å². The van der Waals surface area contributed by atoms with E-state index in [0.29, 0.717) is 12.1 Å². The zero-order chi connectivity index (χ0) is 16.6. The first kappa shape index (κ1) is 15.8. The van der Waals surface area contributed by atoms with E-state index in [1.54, 1.807) is 0 Å². The number of piperidine rings is 2. The van der Waals surface area contributed by atoms with Gasteiger partial charge in [0.2, 0.25) is 0 Å². The van der Waals surface area contributed by atoms with Crippen molar-refractivity contribution in [3.63, 3.8) is 0 Å². The average Bonchev–Trinajstić information content (AvgIpc) is 2.57. The van der Waals surface area contributed by atoms with Gasteiger partial charge in [-0.2, -0.15) is 0 Å². The Morgan fingerprint density at radius 3 is 2.46 bits per heavy atom. The molecule has 2 aliphatic rings. The summed E-state index contributed by atoms with van der Waals surface area (Å²) in [4.78, 5) is 7.04. The minimum Gasteiger partial charge on any atom is -0.385 e. The molecular formula is C21H26N2O. The molecule has 0 saturated carbocycles. The maximum atomic E-state index is 11.4. The highest BCUT2D eigenvalue weighted by atomic mass is 16.3. The standard InChI is InChI=1S/C21H26N2O/c1-16-20(11-6-12-22-16)21(24)13-18-9-5-10-19(14-21)23(18)15-17-7-3-2-4-8-17/h2-4,6-8,11-12,18-19,24H,5,9-10,13-15H2,1H3. The maximum absolute atomic E-state index is 11.4. The van der Waals surface area contributed by atoms with Crippen molar-refractivity contribution in [3.8, 4) is 0 Å². The first-order valence-electron chi connectivity index (χ1n) is 9.10. The molecule has 3 heteroatoms. The third kappa shape index (κ3) is 2.87. The van der Waals surface area contributed by atoms with Crippen LogP contribution in [0.25, 0.3) is 0 Å².